The van der Waals surface area contributed by atoms with Crippen LogP contribution >= 0.6 is 0 Å². The van der Waals surface area contributed by atoms with E-state index in [-0.39, 0.29) is 0 Å². The summed E-state index contributed by atoms with van der Waals surface area (Å²) in [4.78, 5) is 2.49. The summed E-state index contributed by atoms with van der Waals surface area (Å²) in [5.74, 6) is 0.790. The van der Waals surface area contributed by atoms with Crippen molar-refractivity contribution in [3.05, 3.63) is 0 Å². The maximum absolute atomic E-state index is 3.48. The van der Waals surface area contributed by atoms with Crippen LogP contribution in [-0.4, -0.2) is 37.1 Å². The molecular weight excluding hydrogens is 184 g/mol. The van der Waals surface area contributed by atoms with Crippen LogP contribution in [0.5, 0.6) is 0 Å². The van der Waals surface area contributed by atoms with E-state index in [9.17, 15) is 0 Å². The molecule has 0 amide bonds. The van der Waals surface area contributed by atoms with Crippen molar-refractivity contribution >= 4 is 0 Å². The largest absolute Gasteiger partial charge is 0.315 e. The van der Waals surface area contributed by atoms with Crippen LogP contribution in [0.15, 0.2) is 0 Å². The molecule has 0 aliphatic carbocycles. The molecular formula is C13H30N2. The molecule has 2 unspecified atom stereocenters. The van der Waals surface area contributed by atoms with Crippen molar-refractivity contribution in [1.29, 1.82) is 0 Å². The van der Waals surface area contributed by atoms with Gasteiger partial charge in [0.15, 0.2) is 0 Å². The Morgan fingerprint density at radius 1 is 1.07 bits per heavy atom. The van der Waals surface area contributed by atoms with Gasteiger partial charge in [0.25, 0.3) is 0 Å². The third kappa shape index (κ3) is 6.91. The van der Waals surface area contributed by atoms with Crippen LogP contribution in [0.25, 0.3) is 0 Å². The second-order valence-electron chi connectivity index (χ2n) is 5.20. The fraction of sp³-hybridized carbons (Fsp3) is 1.00. The maximum Gasteiger partial charge on any atom is 0.0192 e. The van der Waals surface area contributed by atoms with Crippen molar-refractivity contribution in [3.63, 3.8) is 0 Å². The Kier molecular flexibility index (Phi) is 8.07. The van der Waals surface area contributed by atoms with Crippen molar-refractivity contribution in [2.24, 2.45) is 5.92 Å². The minimum absolute atomic E-state index is 0.630. The minimum atomic E-state index is 0.630. The molecule has 15 heavy (non-hydrogen) atoms. The van der Waals surface area contributed by atoms with Crippen molar-refractivity contribution in [3.8, 4) is 0 Å². The highest BCUT2D eigenvalue weighted by molar-refractivity contribution is 4.72. The Morgan fingerprint density at radius 2 is 1.67 bits per heavy atom. The van der Waals surface area contributed by atoms with Gasteiger partial charge in [-0.25, -0.2) is 0 Å². The van der Waals surface area contributed by atoms with E-state index in [1.54, 1.807) is 0 Å². The molecule has 0 saturated heterocycles. The fourth-order valence-corrected chi connectivity index (χ4v) is 1.91. The molecule has 0 heterocycles. The predicted octanol–water partition coefficient (Wildman–Crippen LogP) is 2.74. The molecule has 0 radical (unpaired) electrons. The highest BCUT2D eigenvalue weighted by Gasteiger charge is 2.16. The van der Waals surface area contributed by atoms with Crippen molar-refractivity contribution < 1.29 is 0 Å². The molecule has 92 valence electrons. The van der Waals surface area contributed by atoms with Gasteiger partial charge < -0.3 is 5.32 Å². The van der Waals surface area contributed by atoms with E-state index < -0.39 is 0 Å². The summed E-state index contributed by atoms with van der Waals surface area (Å²) >= 11 is 0. The van der Waals surface area contributed by atoms with Gasteiger partial charge >= 0.3 is 0 Å². The second-order valence-corrected chi connectivity index (χ2v) is 5.20. The average Bonchev–Trinajstić information content (AvgIpc) is 2.15. The monoisotopic (exact) mass is 214 g/mol. The molecule has 0 aliphatic heterocycles. The second kappa shape index (κ2) is 8.12. The van der Waals surface area contributed by atoms with E-state index in [4.69, 9.17) is 0 Å². The third-order valence-corrected chi connectivity index (χ3v) is 3.07. The van der Waals surface area contributed by atoms with E-state index in [2.05, 4.69) is 51.9 Å². The minimum Gasteiger partial charge on any atom is -0.315 e. The van der Waals surface area contributed by atoms with E-state index in [1.807, 2.05) is 0 Å². The summed E-state index contributed by atoms with van der Waals surface area (Å²) in [5.41, 5.74) is 0. The Balaban J connectivity index is 3.79. The Labute approximate surface area is 96.4 Å². The van der Waals surface area contributed by atoms with Gasteiger partial charge in [0.1, 0.15) is 0 Å². The normalized spacial score (nSPS) is 16.0. The molecule has 0 fully saturated rings. The maximum atomic E-state index is 3.48. The zero-order valence-electron chi connectivity index (χ0n) is 11.5. The summed E-state index contributed by atoms with van der Waals surface area (Å²) in [6, 6.07) is 1.31. The van der Waals surface area contributed by atoms with Gasteiger partial charge in [-0.15, -0.1) is 0 Å². The SMILES string of the molecule is CCCNCC(C)N(C)C(C)CC(C)C. The first kappa shape index (κ1) is 14.9. The van der Waals surface area contributed by atoms with Crippen molar-refractivity contribution in [2.75, 3.05) is 20.1 Å². The number of rotatable bonds is 8. The van der Waals surface area contributed by atoms with Gasteiger partial charge in [0.2, 0.25) is 0 Å². The molecule has 2 nitrogen and oxygen atoms in total. The first-order chi connectivity index (χ1) is 6.99. The molecule has 0 bridgehead atoms. The molecule has 0 aromatic carbocycles. The molecule has 0 rings (SSSR count). The zero-order chi connectivity index (χ0) is 11.8. The number of nitrogens with zero attached hydrogens (tertiary/aromatic N) is 1. The number of nitrogens with one attached hydrogen (secondary N) is 1. The van der Waals surface area contributed by atoms with Crippen molar-refractivity contribution in [1.82, 2.24) is 10.2 Å². The van der Waals surface area contributed by atoms with E-state index >= 15 is 0 Å². The molecule has 0 aliphatic rings. The van der Waals surface area contributed by atoms with Crippen LogP contribution in [0.3, 0.4) is 0 Å². The molecule has 0 saturated carbocycles. The first-order valence-electron chi connectivity index (χ1n) is 6.41. The lowest BCUT2D eigenvalue weighted by atomic mass is 10.0. The predicted molar refractivity (Wildman–Crippen MR) is 69.3 cm³/mol. The lowest BCUT2D eigenvalue weighted by Gasteiger charge is -2.32. The van der Waals surface area contributed by atoms with E-state index in [0.29, 0.717) is 12.1 Å². The molecule has 0 aromatic heterocycles. The van der Waals surface area contributed by atoms with Gasteiger partial charge in [0, 0.05) is 18.6 Å². The molecule has 2 heteroatoms. The summed E-state index contributed by atoms with van der Waals surface area (Å²) in [7, 11) is 2.24. The van der Waals surface area contributed by atoms with Gasteiger partial charge in [0.05, 0.1) is 0 Å². The van der Waals surface area contributed by atoms with Crippen LogP contribution in [0.4, 0.5) is 0 Å². The quantitative estimate of drug-likeness (QED) is 0.625. The lowest BCUT2D eigenvalue weighted by molar-refractivity contribution is 0.172. The van der Waals surface area contributed by atoms with Gasteiger partial charge in [-0.1, -0.05) is 20.8 Å². The van der Waals surface area contributed by atoms with Crippen LogP contribution in [0.1, 0.15) is 47.5 Å². The van der Waals surface area contributed by atoms with Gasteiger partial charge in [-0.05, 0) is 46.2 Å². The Hall–Kier alpha value is -0.0800. The number of hydrogen-bond acceptors (Lipinski definition) is 2. The summed E-state index contributed by atoms with van der Waals surface area (Å²) < 4.78 is 0. The number of hydrogen-bond donors (Lipinski definition) is 1. The topological polar surface area (TPSA) is 15.3 Å². The fourth-order valence-electron chi connectivity index (χ4n) is 1.91. The highest BCUT2D eigenvalue weighted by Crippen LogP contribution is 2.11. The Morgan fingerprint density at radius 3 is 2.13 bits per heavy atom. The molecule has 0 aromatic rings. The molecule has 2 atom stereocenters. The third-order valence-electron chi connectivity index (χ3n) is 3.07. The van der Waals surface area contributed by atoms with Crippen LogP contribution < -0.4 is 5.32 Å². The molecule has 0 spiro atoms. The van der Waals surface area contributed by atoms with Crippen LogP contribution in [0.2, 0.25) is 0 Å². The van der Waals surface area contributed by atoms with Gasteiger partial charge in [-0.3, -0.25) is 4.90 Å². The van der Waals surface area contributed by atoms with E-state index in [1.165, 1.54) is 12.8 Å². The van der Waals surface area contributed by atoms with Crippen LogP contribution in [0, 0.1) is 5.92 Å². The smallest absolute Gasteiger partial charge is 0.0192 e. The summed E-state index contributed by atoms with van der Waals surface area (Å²) in [6.45, 7) is 13.7. The van der Waals surface area contributed by atoms with Crippen molar-refractivity contribution in [2.45, 2.75) is 59.5 Å². The molecule has 1 N–H and O–H groups in total. The standard InChI is InChI=1S/C13H30N2/c1-7-8-14-10-13(5)15(6)12(4)9-11(2)3/h11-14H,7-10H2,1-6H3. The average molecular weight is 214 g/mol. The van der Waals surface area contributed by atoms with Crippen LogP contribution in [-0.2, 0) is 0 Å². The highest BCUT2D eigenvalue weighted by atomic mass is 15.2. The lowest BCUT2D eigenvalue weighted by Crippen LogP contribution is -2.43. The summed E-state index contributed by atoms with van der Waals surface area (Å²) in [5, 5.41) is 3.48. The van der Waals surface area contributed by atoms with Gasteiger partial charge in [-0.2, -0.15) is 0 Å². The summed E-state index contributed by atoms with van der Waals surface area (Å²) in [6.07, 6.45) is 2.51. The van der Waals surface area contributed by atoms with E-state index in [0.717, 1.165) is 19.0 Å². The Bertz CT molecular complexity index is 145. The first-order valence-corrected chi connectivity index (χ1v) is 6.41. The zero-order valence-corrected chi connectivity index (χ0v) is 11.5. The number of likely N-dealkylation sites (N-methyl/N-ethyl adjacent to an activating group) is 1.